The molecule has 3 atom stereocenters. The van der Waals surface area contributed by atoms with Crippen molar-refractivity contribution in [3.8, 4) is 0 Å². The second kappa shape index (κ2) is 6.71. The molecule has 0 aliphatic carbocycles. The highest BCUT2D eigenvalue weighted by atomic mass is 28.4. The van der Waals surface area contributed by atoms with E-state index in [0.29, 0.717) is 0 Å². The average molecular weight is 351 g/mol. The highest BCUT2D eigenvalue weighted by Gasteiger charge is 2.49. The molecule has 1 aromatic carbocycles. The monoisotopic (exact) mass is 350 g/mol. The van der Waals surface area contributed by atoms with Gasteiger partial charge in [0, 0.05) is 0 Å². The summed E-state index contributed by atoms with van der Waals surface area (Å²) in [7, 11) is -2.06. The highest BCUT2D eigenvalue weighted by molar-refractivity contribution is 6.74. The van der Waals surface area contributed by atoms with Gasteiger partial charge in [-0.05, 0) is 37.5 Å². The maximum absolute atomic E-state index is 11.6. The van der Waals surface area contributed by atoms with E-state index in [1.165, 1.54) is 0 Å². The minimum Gasteiger partial charge on any atom is -0.407 e. The second-order valence-electron chi connectivity index (χ2n) is 8.41. The predicted molar refractivity (Wildman–Crippen MR) is 97.4 cm³/mol. The van der Waals surface area contributed by atoms with Crippen LogP contribution >= 0.6 is 0 Å². The van der Waals surface area contributed by atoms with Crippen LogP contribution < -0.4 is 0 Å². The lowest BCUT2D eigenvalue weighted by Crippen LogP contribution is -2.45. The van der Waals surface area contributed by atoms with E-state index in [1.807, 2.05) is 44.2 Å². The summed E-state index contributed by atoms with van der Waals surface area (Å²) in [5, 5.41) is 0.0612. The Balaban J connectivity index is 2.39. The van der Waals surface area contributed by atoms with Crippen LogP contribution in [0.1, 0.15) is 46.3 Å². The molecule has 0 radical (unpaired) electrons. The zero-order valence-electron chi connectivity index (χ0n) is 15.8. The van der Waals surface area contributed by atoms with E-state index in [9.17, 15) is 4.79 Å². The van der Waals surface area contributed by atoms with Crippen molar-refractivity contribution in [2.24, 2.45) is 0 Å². The van der Waals surface area contributed by atoms with Gasteiger partial charge < -0.3 is 18.7 Å². The van der Waals surface area contributed by atoms with E-state index in [0.717, 1.165) is 11.8 Å². The highest BCUT2D eigenvalue weighted by Crippen LogP contribution is 2.43. The first-order valence-electron chi connectivity index (χ1n) is 8.50. The largest absolute Gasteiger partial charge is 0.407 e. The average Bonchev–Trinajstić information content (AvgIpc) is 2.79. The maximum atomic E-state index is 11.6. The number of carbonyl (C=O) groups excluding carboxylic acids is 1. The molecular formula is C19H30O4Si. The van der Waals surface area contributed by atoms with Crippen molar-refractivity contribution < 1.29 is 18.7 Å². The van der Waals surface area contributed by atoms with Crippen molar-refractivity contribution in [1.82, 2.24) is 0 Å². The van der Waals surface area contributed by atoms with Gasteiger partial charge in [0.2, 0.25) is 0 Å². The third-order valence-electron chi connectivity index (χ3n) is 4.95. The van der Waals surface area contributed by atoms with E-state index >= 15 is 0 Å². The SMILES string of the molecule is CC1(C)O[C@H]([C@@H](O[Si](C)(C)C(C)(C)C)c2ccccc2)[C@H](C=O)O1. The van der Waals surface area contributed by atoms with Crippen molar-refractivity contribution in [2.45, 2.75) is 76.8 Å². The van der Waals surface area contributed by atoms with Crippen molar-refractivity contribution in [1.29, 1.82) is 0 Å². The fourth-order valence-corrected chi connectivity index (χ4v) is 3.88. The molecule has 1 aliphatic rings. The fourth-order valence-electron chi connectivity index (χ4n) is 2.62. The van der Waals surface area contributed by atoms with Crippen LogP contribution in [-0.2, 0) is 18.7 Å². The minimum atomic E-state index is -2.06. The standard InChI is InChI=1S/C19H30O4Si/c1-18(2,3)24(6,7)23-16(14-11-9-8-10-12-14)17-15(13-20)21-19(4,5)22-17/h8-13,15-17H,1-7H3/t15-,16-,17-/m0/s1. The van der Waals surface area contributed by atoms with Crippen molar-refractivity contribution >= 4 is 14.6 Å². The molecule has 0 saturated carbocycles. The molecule has 2 rings (SSSR count). The molecule has 0 spiro atoms. The first-order valence-corrected chi connectivity index (χ1v) is 11.4. The third kappa shape index (κ3) is 4.14. The molecule has 24 heavy (non-hydrogen) atoms. The lowest BCUT2D eigenvalue weighted by molar-refractivity contribution is -0.156. The molecular weight excluding hydrogens is 320 g/mol. The van der Waals surface area contributed by atoms with Gasteiger partial charge in [0.05, 0.1) is 6.10 Å². The van der Waals surface area contributed by atoms with Crippen molar-refractivity contribution in [3.63, 3.8) is 0 Å². The van der Waals surface area contributed by atoms with Crippen LogP contribution in [-0.4, -0.2) is 32.6 Å². The first-order chi connectivity index (χ1) is 11.0. The Kier molecular flexibility index (Phi) is 5.40. The second-order valence-corrected chi connectivity index (χ2v) is 13.2. The summed E-state index contributed by atoms with van der Waals surface area (Å²) in [6, 6.07) is 9.98. The molecule has 0 unspecified atom stereocenters. The first kappa shape index (κ1) is 19.3. The normalized spacial score (nSPS) is 25.5. The van der Waals surface area contributed by atoms with Gasteiger partial charge in [-0.1, -0.05) is 51.1 Å². The van der Waals surface area contributed by atoms with Gasteiger partial charge in [-0.2, -0.15) is 0 Å². The summed E-state index contributed by atoms with van der Waals surface area (Å²) >= 11 is 0. The Bertz CT molecular complexity index is 562. The van der Waals surface area contributed by atoms with E-state index in [-0.39, 0.29) is 11.1 Å². The molecule has 0 N–H and O–H groups in total. The molecule has 1 aromatic rings. The van der Waals surface area contributed by atoms with Crippen molar-refractivity contribution in [3.05, 3.63) is 35.9 Å². The quantitative estimate of drug-likeness (QED) is 0.580. The van der Waals surface area contributed by atoms with E-state index in [2.05, 4.69) is 33.9 Å². The van der Waals surface area contributed by atoms with Gasteiger partial charge in [-0.25, -0.2) is 0 Å². The van der Waals surface area contributed by atoms with Crippen LogP contribution in [0, 0.1) is 0 Å². The lowest BCUT2D eigenvalue weighted by Gasteiger charge is -2.41. The van der Waals surface area contributed by atoms with Gasteiger partial charge in [0.25, 0.3) is 0 Å². The Labute approximate surface area is 146 Å². The number of ether oxygens (including phenoxy) is 2. The Hall–Kier alpha value is -1.01. The van der Waals surface area contributed by atoms with Gasteiger partial charge in [0.1, 0.15) is 12.2 Å². The summed E-state index contributed by atoms with van der Waals surface area (Å²) in [6.45, 7) is 14.7. The number of benzene rings is 1. The van der Waals surface area contributed by atoms with E-state index < -0.39 is 26.3 Å². The summed E-state index contributed by atoms with van der Waals surface area (Å²) in [5.41, 5.74) is 1.01. The van der Waals surface area contributed by atoms with Crippen LogP contribution in [0.5, 0.6) is 0 Å². The van der Waals surface area contributed by atoms with Crippen LogP contribution in [0.25, 0.3) is 0 Å². The Morgan fingerprint density at radius 3 is 2.25 bits per heavy atom. The molecule has 0 aromatic heterocycles. The number of aldehydes is 1. The molecule has 1 saturated heterocycles. The van der Waals surface area contributed by atoms with Gasteiger partial charge in [-0.3, -0.25) is 0 Å². The lowest BCUT2D eigenvalue weighted by atomic mass is 10.0. The molecule has 1 heterocycles. The van der Waals surface area contributed by atoms with Crippen molar-refractivity contribution in [2.75, 3.05) is 0 Å². The van der Waals surface area contributed by atoms with Crippen LogP contribution in [0.2, 0.25) is 18.1 Å². The smallest absolute Gasteiger partial charge is 0.193 e. The molecule has 5 heteroatoms. The summed E-state index contributed by atoms with van der Waals surface area (Å²) < 4.78 is 18.5. The summed E-state index contributed by atoms with van der Waals surface area (Å²) in [6.07, 6.45) is -0.585. The molecule has 134 valence electrons. The van der Waals surface area contributed by atoms with Crippen LogP contribution in [0.4, 0.5) is 0 Å². The number of hydrogen-bond acceptors (Lipinski definition) is 4. The zero-order valence-corrected chi connectivity index (χ0v) is 16.8. The van der Waals surface area contributed by atoms with Gasteiger partial charge in [-0.15, -0.1) is 0 Å². The van der Waals surface area contributed by atoms with Gasteiger partial charge >= 0.3 is 0 Å². The van der Waals surface area contributed by atoms with Gasteiger partial charge in [0.15, 0.2) is 20.4 Å². The number of hydrogen-bond donors (Lipinski definition) is 0. The summed E-state index contributed by atoms with van der Waals surface area (Å²) in [4.78, 5) is 11.6. The molecule has 4 nitrogen and oxygen atoms in total. The number of rotatable bonds is 5. The number of carbonyl (C=O) groups is 1. The van der Waals surface area contributed by atoms with E-state index in [1.54, 1.807) is 0 Å². The predicted octanol–water partition coefficient (Wildman–Crippen LogP) is 4.47. The minimum absolute atomic E-state index is 0.0612. The molecule has 1 fully saturated rings. The zero-order chi connectivity index (χ0) is 18.2. The summed E-state index contributed by atoms with van der Waals surface area (Å²) in [5.74, 6) is -0.792. The van der Waals surface area contributed by atoms with Crippen LogP contribution in [0.3, 0.4) is 0 Å². The van der Waals surface area contributed by atoms with E-state index in [4.69, 9.17) is 13.9 Å². The molecule has 0 bridgehead atoms. The Morgan fingerprint density at radius 1 is 1.17 bits per heavy atom. The fraction of sp³-hybridized carbons (Fsp3) is 0.632. The third-order valence-corrected chi connectivity index (χ3v) is 9.41. The topological polar surface area (TPSA) is 44.8 Å². The maximum Gasteiger partial charge on any atom is 0.193 e. The molecule has 0 amide bonds. The van der Waals surface area contributed by atoms with Crippen LogP contribution in [0.15, 0.2) is 30.3 Å². The Morgan fingerprint density at radius 2 is 1.75 bits per heavy atom. The molecule has 1 aliphatic heterocycles.